The number of rotatable bonds is 8. The fourth-order valence-electron chi connectivity index (χ4n) is 2.16. The van der Waals surface area contributed by atoms with Crippen LogP contribution in [-0.4, -0.2) is 22.4 Å². The molecule has 1 unspecified atom stereocenters. The minimum absolute atomic E-state index is 0.00660. The van der Waals surface area contributed by atoms with E-state index in [0.717, 1.165) is 25.3 Å². The predicted octanol–water partition coefficient (Wildman–Crippen LogP) is 3.41. The maximum absolute atomic E-state index is 6.13. The Morgan fingerprint density at radius 2 is 2.00 bits per heavy atom. The first-order chi connectivity index (χ1) is 10.2. The van der Waals surface area contributed by atoms with E-state index < -0.39 is 0 Å². The van der Waals surface area contributed by atoms with Crippen LogP contribution in [0.15, 0.2) is 42.7 Å². The van der Waals surface area contributed by atoms with Crippen LogP contribution >= 0.6 is 0 Å². The number of aryl methyl sites for hydroxylation is 1. The molecular weight excluding hydrogens is 262 g/mol. The van der Waals surface area contributed by atoms with E-state index in [0.29, 0.717) is 6.04 Å². The van der Waals surface area contributed by atoms with Crippen LogP contribution in [0.3, 0.4) is 0 Å². The van der Waals surface area contributed by atoms with Crippen molar-refractivity contribution >= 4 is 0 Å². The second kappa shape index (κ2) is 7.84. The maximum atomic E-state index is 6.13. The largest absolute Gasteiger partial charge is 0.481 e. The lowest BCUT2D eigenvalue weighted by molar-refractivity contribution is 0.198. The molecule has 0 aliphatic carbocycles. The van der Waals surface area contributed by atoms with Gasteiger partial charge in [0.15, 0.2) is 5.75 Å². The Morgan fingerprint density at radius 3 is 2.67 bits per heavy atom. The van der Waals surface area contributed by atoms with Crippen molar-refractivity contribution in [2.75, 3.05) is 6.54 Å². The van der Waals surface area contributed by atoms with Gasteiger partial charge in [0.25, 0.3) is 0 Å². The molecule has 1 aromatic heterocycles. The van der Waals surface area contributed by atoms with Gasteiger partial charge in [-0.25, -0.2) is 0 Å². The van der Waals surface area contributed by atoms with Crippen molar-refractivity contribution < 1.29 is 4.74 Å². The summed E-state index contributed by atoms with van der Waals surface area (Å²) in [6.07, 6.45) is 4.82. The minimum atomic E-state index is -0.00660. The molecule has 1 heterocycles. The highest BCUT2D eigenvalue weighted by atomic mass is 16.5. The summed E-state index contributed by atoms with van der Waals surface area (Å²) in [6.45, 7) is 8.12. The van der Waals surface area contributed by atoms with Crippen molar-refractivity contribution in [1.82, 2.24) is 15.1 Å². The molecule has 0 saturated carbocycles. The molecule has 0 bridgehead atoms. The van der Waals surface area contributed by atoms with Gasteiger partial charge in [0.1, 0.15) is 6.10 Å². The van der Waals surface area contributed by atoms with Crippen molar-refractivity contribution in [3.05, 3.63) is 48.3 Å². The molecule has 0 fully saturated rings. The highest BCUT2D eigenvalue weighted by Crippen LogP contribution is 2.21. The van der Waals surface area contributed by atoms with E-state index in [-0.39, 0.29) is 6.10 Å². The van der Waals surface area contributed by atoms with Crippen molar-refractivity contribution in [3.8, 4) is 5.75 Å². The molecule has 1 N–H and O–H groups in total. The number of aromatic nitrogens is 2. The third kappa shape index (κ3) is 4.90. The summed E-state index contributed by atoms with van der Waals surface area (Å²) in [5, 5.41) is 7.76. The maximum Gasteiger partial charge on any atom is 0.158 e. The molecule has 0 aliphatic heterocycles. The lowest BCUT2D eigenvalue weighted by Crippen LogP contribution is -2.30. The molecule has 0 aliphatic rings. The third-order valence-electron chi connectivity index (χ3n) is 3.22. The first-order valence-electron chi connectivity index (χ1n) is 7.66. The van der Waals surface area contributed by atoms with Gasteiger partial charge in [0, 0.05) is 19.1 Å². The topological polar surface area (TPSA) is 39.1 Å². The summed E-state index contributed by atoms with van der Waals surface area (Å²) in [5.74, 6) is 0.822. The Kier molecular flexibility index (Phi) is 5.81. The zero-order valence-corrected chi connectivity index (χ0v) is 13.1. The SMILES string of the molecule is CCCn1cc(OC(CNC(C)C)c2ccccc2)cn1. The average molecular weight is 287 g/mol. The van der Waals surface area contributed by atoms with Gasteiger partial charge < -0.3 is 10.1 Å². The van der Waals surface area contributed by atoms with Crippen molar-refractivity contribution in [1.29, 1.82) is 0 Å². The molecule has 0 spiro atoms. The van der Waals surface area contributed by atoms with E-state index in [1.165, 1.54) is 5.56 Å². The Morgan fingerprint density at radius 1 is 1.24 bits per heavy atom. The van der Waals surface area contributed by atoms with Crippen LogP contribution in [0.2, 0.25) is 0 Å². The van der Waals surface area contributed by atoms with Gasteiger partial charge in [0.2, 0.25) is 0 Å². The van der Waals surface area contributed by atoms with Crippen LogP contribution in [0.4, 0.5) is 0 Å². The summed E-state index contributed by atoms with van der Waals surface area (Å²) in [6, 6.07) is 10.7. The van der Waals surface area contributed by atoms with E-state index in [1.54, 1.807) is 6.20 Å². The molecule has 114 valence electrons. The first kappa shape index (κ1) is 15.6. The summed E-state index contributed by atoms with van der Waals surface area (Å²) in [5.41, 5.74) is 1.17. The molecule has 2 rings (SSSR count). The summed E-state index contributed by atoms with van der Waals surface area (Å²) < 4.78 is 8.06. The van der Waals surface area contributed by atoms with E-state index in [4.69, 9.17) is 4.74 Å². The molecule has 4 heteroatoms. The van der Waals surface area contributed by atoms with Crippen molar-refractivity contribution in [2.24, 2.45) is 0 Å². The molecular formula is C17H25N3O. The standard InChI is InChI=1S/C17H25N3O/c1-4-10-20-13-16(11-19-20)21-17(12-18-14(2)3)15-8-6-5-7-9-15/h5-9,11,13-14,17-18H,4,10,12H2,1-3H3. The summed E-state index contributed by atoms with van der Waals surface area (Å²) >= 11 is 0. The quantitative estimate of drug-likeness (QED) is 0.808. The average Bonchev–Trinajstić information content (AvgIpc) is 2.92. The van der Waals surface area contributed by atoms with Gasteiger partial charge in [-0.3, -0.25) is 4.68 Å². The minimum Gasteiger partial charge on any atom is -0.481 e. The lowest BCUT2D eigenvalue weighted by Gasteiger charge is -2.20. The normalized spacial score (nSPS) is 12.6. The number of benzene rings is 1. The van der Waals surface area contributed by atoms with Gasteiger partial charge in [-0.05, 0) is 12.0 Å². The van der Waals surface area contributed by atoms with Gasteiger partial charge >= 0.3 is 0 Å². The van der Waals surface area contributed by atoms with E-state index in [2.05, 4.69) is 43.3 Å². The van der Waals surface area contributed by atoms with Crippen LogP contribution < -0.4 is 10.1 Å². The lowest BCUT2D eigenvalue weighted by atomic mass is 10.1. The fraction of sp³-hybridized carbons (Fsp3) is 0.471. The summed E-state index contributed by atoms with van der Waals surface area (Å²) in [4.78, 5) is 0. The van der Waals surface area contributed by atoms with Crippen molar-refractivity contribution in [3.63, 3.8) is 0 Å². The Bertz CT molecular complexity index is 522. The predicted molar refractivity (Wildman–Crippen MR) is 85.5 cm³/mol. The molecule has 0 saturated heterocycles. The monoisotopic (exact) mass is 287 g/mol. The zero-order valence-electron chi connectivity index (χ0n) is 13.1. The number of nitrogens with one attached hydrogen (secondary N) is 1. The third-order valence-corrected chi connectivity index (χ3v) is 3.22. The Labute approximate surface area is 127 Å². The number of hydrogen-bond donors (Lipinski definition) is 1. The van der Waals surface area contributed by atoms with Crippen LogP contribution in [0, 0.1) is 0 Å². The van der Waals surface area contributed by atoms with E-state index >= 15 is 0 Å². The molecule has 21 heavy (non-hydrogen) atoms. The second-order valence-electron chi connectivity index (χ2n) is 5.52. The molecule has 1 aromatic carbocycles. The van der Waals surface area contributed by atoms with Gasteiger partial charge in [0.05, 0.1) is 12.4 Å². The molecule has 0 radical (unpaired) electrons. The van der Waals surface area contributed by atoms with Gasteiger partial charge in [-0.1, -0.05) is 51.1 Å². The fourth-order valence-corrected chi connectivity index (χ4v) is 2.16. The van der Waals surface area contributed by atoms with Crippen LogP contribution in [0.1, 0.15) is 38.9 Å². The van der Waals surface area contributed by atoms with Crippen LogP contribution in [0.5, 0.6) is 5.75 Å². The first-order valence-corrected chi connectivity index (χ1v) is 7.66. The zero-order chi connectivity index (χ0) is 15.1. The highest BCUT2D eigenvalue weighted by molar-refractivity contribution is 5.21. The van der Waals surface area contributed by atoms with Gasteiger partial charge in [-0.15, -0.1) is 0 Å². The second-order valence-corrected chi connectivity index (χ2v) is 5.52. The number of hydrogen-bond acceptors (Lipinski definition) is 3. The summed E-state index contributed by atoms with van der Waals surface area (Å²) in [7, 11) is 0. The number of ether oxygens (including phenoxy) is 1. The Balaban J connectivity index is 2.07. The Hall–Kier alpha value is -1.81. The van der Waals surface area contributed by atoms with Crippen LogP contribution in [-0.2, 0) is 6.54 Å². The van der Waals surface area contributed by atoms with Gasteiger partial charge in [-0.2, -0.15) is 5.10 Å². The molecule has 2 aromatic rings. The molecule has 1 atom stereocenters. The number of nitrogens with zero attached hydrogens (tertiary/aromatic N) is 2. The molecule has 0 amide bonds. The van der Waals surface area contributed by atoms with E-state index in [1.807, 2.05) is 29.1 Å². The van der Waals surface area contributed by atoms with Crippen molar-refractivity contribution in [2.45, 2.75) is 45.9 Å². The highest BCUT2D eigenvalue weighted by Gasteiger charge is 2.14. The van der Waals surface area contributed by atoms with Crippen LogP contribution in [0.25, 0.3) is 0 Å². The smallest absolute Gasteiger partial charge is 0.158 e. The van der Waals surface area contributed by atoms with E-state index in [9.17, 15) is 0 Å². The molecule has 4 nitrogen and oxygen atoms in total.